The van der Waals surface area contributed by atoms with Gasteiger partial charge in [-0.05, 0) is 68.2 Å². The van der Waals surface area contributed by atoms with Gasteiger partial charge in [-0.25, -0.2) is 9.59 Å². The minimum absolute atomic E-state index is 0. The van der Waals surface area contributed by atoms with Gasteiger partial charge in [0.1, 0.15) is 0 Å². The number of hydrogen-bond donors (Lipinski definition) is 0. The number of fused-ring (bicyclic) bond motifs is 2. The van der Waals surface area contributed by atoms with E-state index in [2.05, 4.69) is 89.6 Å². The van der Waals surface area contributed by atoms with Crippen LogP contribution in [-0.2, 0) is 34.7 Å². The third-order valence-corrected chi connectivity index (χ3v) is 8.21. The van der Waals surface area contributed by atoms with Crippen LogP contribution in [0.5, 0.6) is 0 Å². The van der Waals surface area contributed by atoms with Gasteiger partial charge in [0.05, 0.1) is 22.8 Å². The number of esters is 2. The first-order chi connectivity index (χ1) is 16.5. The van der Waals surface area contributed by atoms with E-state index in [0.29, 0.717) is 5.92 Å². The Balaban J connectivity index is 0.000000466. The van der Waals surface area contributed by atoms with Crippen molar-refractivity contribution < 1.29 is 34.7 Å². The second-order valence-electron chi connectivity index (χ2n) is 10.7. The summed E-state index contributed by atoms with van der Waals surface area (Å²) in [6, 6.07) is 12.9. The molecule has 0 radical (unpaired) electrons. The summed E-state index contributed by atoms with van der Waals surface area (Å²) < 4.78 is 3.97. The quantitative estimate of drug-likeness (QED) is 0.159. The monoisotopic (exact) mass is 591 g/mol. The Morgan fingerprint density at radius 3 is 1.62 bits per heavy atom. The molecular weight excluding hydrogens is 555 g/mol. The van der Waals surface area contributed by atoms with Gasteiger partial charge in [-0.15, -0.1) is 0 Å². The molecular formula is C31H37N2O3Pd-. The molecule has 2 saturated carbocycles. The van der Waals surface area contributed by atoms with Gasteiger partial charge in [-0.3, -0.25) is 9.98 Å². The normalized spacial score (nSPS) is 24.9. The third kappa shape index (κ3) is 5.47. The molecule has 0 amide bonds. The summed E-state index contributed by atoms with van der Waals surface area (Å²) >= 11 is 0. The fourth-order valence-electron chi connectivity index (χ4n) is 5.66. The summed E-state index contributed by atoms with van der Waals surface area (Å²) in [6.45, 7) is 15.9. The molecule has 2 bridgehead atoms. The van der Waals surface area contributed by atoms with Gasteiger partial charge in [0.25, 0.3) is 0 Å². The van der Waals surface area contributed by atoms with E-state index < -0.39 is 11.9 Å². The molecule has 0 aromatic heterocycles. The van der Waals surface area contributed by atoms with E-state index in [-0.39, 0.29) is 38.7 Å². The molecule has 3 aliphatic rings. The van der Waals surface area contributed by atoms with Crippen molar-refractivity contribution in [3.05, 3.63) is 78.2 Å². The Bertz CT molecular complexity index is 1250. The first-order valence-corrected chi connectivity index (χ1v) is 12.2. The van der Waals surface area contributed by atoms with E-state index >= 15 is 0 Å². The van der Waals surface area contributed by atoms with Crippen molar-refractivity contribution in [3.63, 3.8) is 0 Å². The van der Waals surface area contributed by atoms with Crippen LogP contribution < -0.4 is 0 Å². The number of rotatable bonds is 2. The minimum Gasteiger partial charge on any atom is -0.387 e. The number of hydrogen-bond acceptors (Lipinski definition) is 5. The van der Waals surface area contributed by atoms with Crippen LogP contribution in [0.15, 0.2) is 58.5 Å². The van der Waals surface area contributed by atoms with Crippen molar-refractivity contribution in [1.82, 2.24) is 0 Å². The summed E-state index contributed by atoms with van der Waals surface area (Å²) in [7, 11) is 0. The molecule has 2 aromatic rings. The second-order valence-corrected chi connectivity index (χ2v) is 10.7. The summed E-state index contributed by atoms with van der Waals surface area (Å²) in [5, 5.41) is 0. The number of aliphatic imine (C=N–C) groups is 2. The van der Waals surface area contributed by atoms with Gasteiger partial charge in [-0.1, -0.05) is 57.2 Å². The summed E-state index contributed by atoms with van der Waals surface area (Å²) in [6.07, 6.45) is 4.57. The van der Waals surface area contributed by atoms with E-state index in [9.17, 15) is 9.59 Å². The van der Waals surface area contributed by atoms with Crippen LogP contribution in [0.3, 0.4) is 0 Å². The molecule has 2 aliphatic carbocycles. The second kappa shape index (κ2) is 11.4. The van der Waals surface area contributed by atoms with E-state index in [4.69, 9.17) is 9.98 Å². The Labute approximate surface area is 235 Å². The number of cyclic esters (lactones) is 2. The fourth-order valence-corrected chi connectivity index (χ4v) is 5.66. The van der Waals surface area contributed by atoms with Crippen LogP contribution in [0, 0.1) is 51.9 Å². The number of carbonyl (C=O) groups is 2. The number of carbonyl (C=O) groups excluding carboxylic acids is 2. The largest absolute Gasteiger partial charge is 0.387 e. The Kier molecular flexibility index (Phi) is 9.39. The third-order valence-electron chi connectivity index (χ3n) is 8.21. The fraction of sp³-hybridized carbons (Fsp3) is 0.387. The molecule has 1 heterocycles. The van der Waals surface area contributed by atoms with Crippen LogP contribution in [0.2, 0.25) is 0 Å². The van der Waals surface area contributed by atoms with Gasteiger partial charge < -0.3 is 12.2 Å². The zero-order valence-corrected chi connectivity index (χ0v) is 24.6. The van der Waals surface area contributed by atoms with Crippen LogP contribution in [0.1, 0.15) is 55.9 Å². The van der Waals surface area contributed by atoms with E-state index in [1.54, 1.807) is 0 Å². The van der Waals surface area contributed by atoms with Crippen molar-refractivity contribution in [2.24, 2.45) is 26.7 Å². The number of ether oxygens (including phenoxy) is 1. The Morgan fingerprint density at radius 1 is 0.784 bits per heavy atom. The molecule has 0 N–H and O–H groups in total. The molecule has 0 spiro atoms. The first kappa shape index (κ1) is 30.5. The molecule has 37 heavy (non-hydrogen) atoms. The van der Waals surface area contributed by atoms with Crippen molar-refractivity contribution >= 4 is 34.7 Å². The molecule has 6 heteroatoms. The predicted molar refractivity (Wildman–Crippen MR) is 147 cm³/mol. The molecule has 5 rings (SSSR count). The van der Waals surface area contributed by atoms with Crippen molar-refractivity contribution in [2.75, 3.05) is 0 Å². The van der Waals surface area contributed by atoms with Gasteiger partial charge in [-0.2, -0.15) is 0 Å². The van der Waals surface area contributed by atoms with Gasteiger partial charge in [0, 0.05) is 43.9 Å². The molecule has 0 saturated heterocycles. The van der Waals surface area contributed by atoms with E-state index in [1.165, 1.54) is 46.5 Å². The average Bonchev–Trinajstić information content (AvgIpc) is 3.32. The first-order valence-electron chi connectivity index (χ1n) is 12.2. The summed E-state index contributed by atoms with van der Waals surface area (Å²) in [4.78, 5) is 30.5. The van der Waals surface area contributed by atoms with E-state index in [1.807, 2.05) is 0 Å². The van der Waals surface area contributed by atoms with Crippen molar-refractivity contribution in [3.8, 4) is 0 Å². The van der Waals surface area contributed by atoms with Crippen LogP contribution in [0.25, 0.3) is 0 Å². The molecule has 2 aromatic carbocycles. The zero-order chi connectivity index (χ0) is 25.5. The van der Waals surface area contributed by atoms with Crippen molar-refractivity contribution in [2.45, 2.75) is 61.3 Å². The standard InChI is InChI=1S/C26H32N2.C4H2O3.CH3.Pd/c1-16-10-8-11-17(2)21(16)27-23-20-14-15-26(7,25(20,5)6)24(23)28-22-18(3)12-9-13-19(22)4;5-3-1-2-4(6)7-3;;/h8-13,20H,14-15H2,1-7H3;1-2H;1H3;/q;;-1;. The molecule has 2 atom stereocenters. The smallest absolute Gasteiger partial charge is 0.338 e. The minimum atomic E-state index is -0.579. The van der Waals surface area contributed by atoms with Gasteiger partial charge in [0.15, 0.2) is 0 Å². The number of benzene rings is 2. The maximum Gasteiger partial charge on any atom is 0.338 e. The van der Waals surface area contributed by atoms with Gasteiger partial charge in [0.2, 0.25) is 0 Å². The predicted octanol–water partition coefficient (Wildman–Crippen LogP) is 7.30. The maximum absolute atomic E-state index is 9.92. The number of aryl methyl sites for hydroxylation is 4. The Morgan fingerprint density at radius 2 is 1.22 bits per heavy atom. The molecule has 2 unspecified atom stereocenters. The topological polar surface area (TPSA) is 68.1 Å². The zero-order valence-electron chi connectivity index (χ0n) is 23.0. The molecule has 200 valence electrons. The molecule has 2 fully saturated rings. The summed E-state index contributed by atoms with van der Waals surface area (Å²) in [5.41, 5.74) is 9.89. The van der Waals surface area contributed by atoms with E-state index in [0.717, 1.165) is 23.5 Å². The molecule has 5 nitrogen and oxygen atoms in total. The van der Waals surface area contributed by atoms with Crippen molar-refractivity contribution in [1.29, 1.82) is 0 Å². The Hall–Kier alpha value is -2.68. The van der Waals surface area contributed by atoms with Crippen LogP contribution in [-0.4, -0.2) is 23.4 Å². The molecule has 1 aliphatic heterocycles. The number of nitrogens with zero attached hydrogens (tertiary/aromatic N) is 2. The SMILES string of the molecule is Cc1cccc(C)c1N=C1C(=Nc2c(C)cccc2C)C2(C)CCC1C2(C)C.O=C1C=CC(=O)O1.[CH3-].[Pd]. The average molecular weight is 592 g/mol. The number of para-hydroxylation sites is 2. The van der Waals surface area contributed by atoms with Crippen LogP contribution in [0.4, 0.5) is 11.4 Å². The van der Waals surface area contributed by atoms with Gasteiger partial charge >= 0.3 is 11.9 Å². The maximum atomic E-state index is 9.92. The van der Waals surface area contributed by atoms with Crippen LogP contribution >= 0.6 is 0 Å². The summed E-state index contributed by atoms with van der Waals surface area (Å²) in [5.74, 6) is -0.686.